The first-order chi connectivity index (χ1) is 8.90. The average Bonchev–Trinajstić information content (AvgIpc) is 2.36. The quantitative estimate of drug-likeness (QED) is 0.517. The molecule has 0 amide bonds. The van der Waals surface area contributed by atoms with Gasteiger partial charge in [0.25, 0.3) is 0 Å². The molecule has 2 N–H and O–H groups in total. The van der Waals surface area contributed by atoms with E-state index in [0.29, 0.717) is 0 Å². The summed E-state index contributed by atoms with van der Waals surface area (Å²) in [6.07, 6.45) is 0. The van der Waals surface area contributed by atoms with Crippen molar-refractivity contribution in [3.05, 3.63) is 64.9 Å². The van der Waals surface area contributed by atoms with Crippen molar-refractivity contribution in [2.45, 2.75) is 13.0 Å². The Balaban J connectivity index is 2.52. The van der Waals surface area contributed by atoms with E-state index in [-0.39, 0.29) is 6.04 Å². The SMILES string of the molecule is Cc1cc(Br)c(C(N)c2cc(Br)ccc2Br)cc1Br. The van der Waals surface area contributed by atoms with E-state index in [0.717, 1.165) is 29.0 Å². The maximum absolute atomic E-state index is 6.40. The third kappa shape index (κ3) is 3.50. The number of benzene rings is 2. The van der Waals surface area contributed by atoms with Gasteiger partial charge in [-0.2, -0.15) is 0 Å². The van der Waals surface area contributed by atoms with Crippen molar-refractivity contribution >= 4 is 63.7 Å². The summed E-state index contributed by atoms with van der Waals surface area (Å²) in [6.45, 7) is 2.05. The van der Waals surface area contributed by atoms with Gasteiger partial charge in [-0.1, -0.05) is 63.7 Å². The Morgan fingerprint density at radius 1 is 0.842 bits per heavy atom. The third-order valence-electron chi connectivity index (χ3n) is 2.91. The molecule has 19 heavy (non-hydrogen) atoms. The van der Waals surface area contributed by atoms with Crippen LogP contribution in [0.1, 0.15) is 22.7 Å². The van der Waals surface area contributed by atoms with Crippen LogP contribution < -0.4 is 5.73 Å². The molecule has 5 heteroatoms. The fourth-order valence-electron chi connectivity index (χ4n) is 1.82. The van der Waals surface area contributed by atoms with Crippen molar-refractivity contribution in [3.8, 4) is 0 Å². The summed E-state index contributed by atoms with van der Waals surface area (Å²) < 4.78 is 4.11. The lowest BCUT2D eigenvalue weighted by molar-refractivity contribution is 0.857. The summed E-state index contributed by atoms with van der Waals surface area (Å²) in [5.74, 6) is 0. The molecular formula is C14H11Br4N. The Hall–Kier alpha value is 0.320. The molecule has 2 rings (SSSR count). The number of halogens is 4. The molecule has 0 spiro atoms. The molecule has 100 valence electrons. The van der Waals surface area contributed by atoms with Crippen molar-refractivity contribution in [3.63, 3.8) is 0 Å². The Bertz CT molecular complexity index is 625. The molecule has 0 aliphatic heterocycles. The van der Waals surface area contributed by atoms with E-state index in [9.17, 15) is 0 Å². The first-order valence-corrected chi connectivity index (χ1v) is 8.73. The molecule has 0 radical (unpaired) electrons. The highest BCUT2D eigenvalue weighted by molar-refractivity contribution is 9.11. The van der Waals surface area contributed by atoms with E-state index in [1.54, 1.807) is 0 Å². The average molecular weight is 513 g/mol. The molecule has 0 saturated heterocycles. The van der Waals surface area contributed by atoms with Crippen LogP contribution in [0.15, 0.2) is 48.2 Å². The zero-order valence-corrected chi connectivity index (χ0v) is 16.4. The molecule has 0 fully saturated rings. The molecule has 0 aliphatic carbocycles. The number of rotatable bonds is 2. The first kappa shape index (κ1) is 15.7. The third-order valence-corrected chi connectivity index (χ3v) is 5.66. The van der Waals surface area contributed by atoms with Crippen molar-refractivity contribution in [2.24, 2.45) is 5.73 Å². The predicted octanol–water partition coefficient (Wildman–Crippen LogP) is 6.09. The second-order valence-electron chi connectivity index (χ2n) is 4.27. The van der Waals surface area contributed by atoms with Gasteiger partial charge in [-0.3, -0.25) is 0 Å². The normalized spacial score (nSPS) is 12.5. The van der Waals surface area contributed by atoms with Crippen molar-refractivity contribution in [1.29, 1.82) is 0 Å². The molecule has 0 bridgehead atoms. The van der Waals surface area contributed by atoms with Gasteiger partial charge in [0, 0.05) is 17.9 Å². The Labute approximate surface area is 146 Å². The van der Waals surface area contributed by atoms with Crippen molar-refractivity contribution < 1.29 is 0 Å². The first-order valence-electron chi connectivity index (χ1n) is 5.56. The van der Waals surface area contributed by atoms with E-state index in [4.69, 9.17) is 5.73 Å². The van der Waals surface area contributed by atoms with Gasteiger partial charge in [-0.15, -0.1) is 0 Å². The van der Waals surface area contributed by atoms with Gasteiger partial charge in [-0.05, 0) is 53.9 Å². The second-order valence-corrected chi connectivity index (χ2v) is 7.75. The Morgan fingerprint density at radius 2 is 1.47 bits per heavy atom. The lowest BCUT2D eigenvalue weighted by atomic mass is 9.99. The van der Waals surface area contributed by atoms with Gasteiger partial charge in [0.1, 0.15) is 0 Å². The highest BCUT2D eigenvalue weighted by atomic mass is 79.9. The molecule has 2 aromatic carbocycles. The molecule has 2 aromatic rings. The highest BCUT2D eigenvalue weighted by Crippen LogP contribution is 2.35. The van der Waals surface area contributed by atoms with Crippen LogP contribution in [-0.2, 0) is 0 Å². The predicted molar refractivity (Wildman–Crippen MR) is 94.5 cm³/mol. The summed E-state index contributed by atoms with van der Waals surface area (Å²) in [6, 6.07) is 9.96. The van der Waals surface area contributed by atoms with E-state index in [2.05, 4.69) is 82.8 Å². The van der Waals surface area contributed by atoms with Crippen LogP contribution in [-0.4, -0.2) is 0 Å². The van der Waals surface area contributed by atoms with Gasteiger partial charge < -0.3 is 5.73 Å². The summed E-state index contributed by atoms with van der Waals surface area (Å²) in [5, 5.41) is 0. The molecule has 0 aromatic heterocycles. The van der Waals surface area contributed by atoms with Gasteiger partial charge in [-0.25, -0.2) is 0 Å². The van der Waals surface area contributed by atoms with Gasteiger partial charge in [0.15, 0.2) is 0 Å². The van der Waals surface area contributed by atoms with E-state index >= 15 is 0 Å². The molecule has 1 unspecified atom stereocenters. The smallest absolute Gasteiger partial charge is 0.0574 e. The van der Waals surface area contributed by atoms with E-state index in [1.165, 1.54) is 5.56 Å². The van der Waals surface area contributed by atoms with Crippen molar-refractivity contribution in [1.82, 2.24) is 0 Å². The molecule has 1 nitrogen and oxygen atoms in total. The standard InChI is InChI=1S/C14H11Br4N/c1-7-4-13(18)10(6-12(7)17)14(19)9-5-8(15)2-3-11(9)16/h2-6,14H,19H2,1H3. The minimum atomic E-state index is -0.196. The summed E-state index contributed by atoms with van der Waals surface area (Å²) >= 11 is 14.2. The van der Waals surface area contributed by atoms with Crippen LogP contribution in [0, 0.1) is 6.92 Å². The minimum absolute atomic E-state index is 0.196. The Morgan fingerprint density at radius 3 is 2.16 bits per heavy atom. The van der Waals surface area contributed by atoms with E-state index < -0.39 is 0 Å². The van der Waals surface area contributed by atoms with Crippen LogP contribution in [0.5, 0.6) is 0 Å². The fourth-order valence-corrected chi connectivity index (χ4v) is 3.76. The number of hydrogen-bond donors (Lipinski definition) is 1. The van der Waals surface area contributed by atoms with Crippen LogP contribution >= 0.6 is 63.7 Å². The topological polar surface area (TPSA) is 26.0 Å². The van der Waals surface area contributed by atoms with Crippen LogP contribution in [0.4, 0.5) is 0 Å². The monoisotopic (exact) mass is 509 g/mol. The van der Waals surface area contributed by atoms with Gasteiger partial charge in [0.2, 0.25) is 0 Å². The lowest BCUT2D eigenvalue weighted by Gasteiger charge is -2.17. The molecule has 0 aliphatic rings. The lowest BCUT2D eigenvalue weighted by Crippen LogP contribution is -2.13. The van der Waals surface area contributed by atoms with Crippen LogP contribution in [0.3, 0.4) is 0 Å². The molecule has 0 heterocycles. The van der Waals surface area contributed by atoms with Gasteiger partial charge >= 0.3 is 0 Å². The maximum atomic E-state index is 6.40. The number of aryl methyl sites for hydroxylation is 1. The molecule has 1 atom stereocenters. The minimum Gasteiger partial charge on any atom is -0.320 e. The molecular weight excluding hydrogens is 502 g/mol. The van der Waals surface area contributed by atoms with Crippen LogP contribution in [0.2, 0.25) is 0 Å². The largest absolute Gasteiger partial charge is 0.320 e. The van der Waals surface area contributed by atoms with E-state index in [1.807, 2.05) is 18.2 Å². The van der Waals surface area contributed by atoms with Gasteiger partial charge in [0.05, 0.1) is 6.04 Å². The maximum Gasteiger partial charge on any atom is 0.0574 e. The zero-order valence-electron chi connectivity index (χ0n) is 10.1. The number of nitrogens with two attached hydrogens (primary N) is 1. The summed E-state index contributed by atoms with van der Waals surface area (Å²) in [7, 11) is 0. The van der Waals surface area contributed by atoms with Crippen molar-refractivity contribution in [2.75, 3.05) is 0 Å². The highest BCUT2D eigenvalue weighted by Gasteiger charge is 2.16. The summed E-state index contributed by atoms with van der Waals surface area (Å²) in [5.41, 5.74) is 9.68. The summed E-state index contributed by atoms with van der Waals surface area (Å²) in [4.78, 5) is 0. The number of hydrogen-bond acceptors (Lipinski definition) is 1. The second kappa shape index (κ2) is 6.39. The molecule has 0 saturated carbocycles. The Kier molecular flexibility index (Phi) is 5.28. The fraction of sp³-hybridized carbons (Fsp3) is 0.143. The zero-order chi connectivity index (χ0) is 14.2. The van der Waals surface area contributed by atoms with Crippen LogP contribution in [0.25, 0.3) is 0 Å².